The van der Waals surface area contributed by atoms with Gasteiger partial charge in [0.1, 0.15) is 6.61 Å². The van der Waals surface area contributed by atoms with Crippen molar-refractivity contribution in [1.29, 1.82) is 0 Å². The maximum atomic E-state index is 12.5. The fourth-order valence-corrected chi connectivity index (χ4v) is 5.41. The Morgan fingerprint density at radius 2 is 1.20 bits per heavy atom. The highest BCUT2D eigenvalue weighted by atomic mass is 31.2. The molecular weight excluding hydrogens is 605 g/mol. The van der Waals surface area contributed by atoms with Crippen molar-refractivity contribution in [3.05, 3.63) is 36.5 Å². The molecule has 0 radical (unpaired) electrons. The Labute approximate surface area is 280 Å². The van der Waals surface area contributed by atoms with Crippen molar-refractivity contribution in [2.45, 2.75) is 155 Å². The number of ether oxygens (including phenoxy) is 2. The predicted octanol–water partition coefficient (Wildman–Crippen LogP) is 9.43. The van der Waals surface area contributed by atoms with Gasteiger partial charge in [0.05, 0.1) is 13.2 Å². The number of hydrogen-bond acceptors (Lipinski definition) is 8. The second kappa shape index (κ2) is 33.1. The van der Waals surface area contributed by atoms with Crippen LogP contribution in [-0.2, 0) is 32.7 Å². The van der Waals surface area contributed by atoms with E-state index in [1.54, 1.807) is 0 Å². The topological polar surface area (TPSA) is 134 Å². The second-order valence-corrected chi connectivity index (χ2v) is 13.2. The molecular formula is C36H66NO8P. The van der Waals surface area contributed by atoms with Crippen LogP contribution in [0, 0.1) is 0 Å². The van der Waals surface area contributed by atoms with Gasteiger partial charge >= 0.3 is 19.8 Å². The monoisotopic (exact) mass is 671 g/mol. The van der Waals surface area contributed by atoms with Gasteiger partial charge in [-0.2, -0.15) is 0 Å². The SMILES string of the molecule is CC/C=C/C/C=C/C/C=C/CCCCCCCC(=O)OC[C@@H](COP(=O)(O)OCCN)OC(=O)CCCCCCCCCCCC. The molecule has 0 amide bonds. The Hall–Kier alpha value is -1.77. The van der Waals surface area contributed by atoms with Crippen molar-refractivity contribution in [3.8, 4) is 0 Å². The van der Waals surface area contributed by atoms with E-state index < -0.39 is 32.5 Å². The van der Waals surface area contributed by atoms with Crippen LogP contribution in [0.1, 0.15) is 149 Å². The van der Waals surface area contributed by atoms with Gasteiger partial charge in [-0.3, -0.25) is 18.6 Å². The zero-order chi connectivity index (χ0) is 34.0. The first-order valence-corrected chi connectivity index (χ1v) is 19.5. The molecule has 0 aromatic heterocycles. The molecule has 0 saturated carbocycles. The van der Waals surface area contributed by atoms with Crippen molar-refractivity contribution < 1.29 is 37.6 Å². The number of phosphoric acid groups is 1. The van der Waals surface area contributed by atoms with Crippen LogP contribution in [0.3, 0.4) is 0 Å². The normalized spacial score (nSPS) is 13.9. The van der Waals surface area contributed by atoms with Crippen molar-refractivity contribution in [3.63, 3.8) is 0 Å². The van der Waals surface area contributed by atoms with Gasteiger partial charge in [-0.1, -0.05) is 127 Å². The first kappa shape index (κ1) is 44.2. The summed E-state index contributed by atoms with van der Waals surface area (Å²) in [6.07, 6.45) is 33.2. The lowest BCUT2D eigenvalue weighted by Crippen LogP contribution is -2.29. The highest BCUT2D eigenvalue weighted by Crippen LogP contribution is 2.43. The number of hydrogen-bond donors (Lipinski definition) is 2. The summed E-state index contributed by atoms with van der Waals surface area (Å²) in [6, 6.07) is 0. The average molecular weight is 672 g/mol. The zero-order valence-corrected chi connectivity index (χ0v) is 29.9. The molecule has 0 bridgehead atoms. The number of phosphoric ester groups is 1. The minimum atomic E-state index is -4.37. The Morgan fingerprint density at radius 1 is 0.674 bits per heavy atom. The standard InChI is InChI=1S/C36H66NO8P/c1-3-5-7-9-11-13-15-16-17-18-19-21-22-24-26-28-35(38)42-32-34(33-44-46(40,41)43-31-30-37)45-36(39)29-27-25-23-20-14-12-10-8-6-4-2/h5,7,11,13,16-17,34H,3-4,6,8-10,12,14-15,18-33,37H2,1-2H3,(H,40,41)/b7-5+,13-11+,17-16+/t34-/m0/s1. The number of nitrogens with two attached hydrogens (primary N) is 1. The molecule has 0 fully saturated rings. The van der Waals surface area contributed by atoms with Gasteiger partial charge in [-0.15, -0.1) is 0 Å². The fourth-order valence-electron chi connectivity index (χ4n) is 4.65. The lowest BCUT2D eigenvalue weighted by atomic mass is 10.1. The maximum Gasteiger partial charge on any atom is 0.472 e. The average Bonchev–Trinajstić information content (AvgIpc) is 3.04. The van der Waals surface area contributed by atoms with Crippen LogP contribution in [0.25, 0.3) is 0 Å². The maximum absolute atomic E-state index is 12.5. The fraction of sp³-hybridized carbons (Fsp3) is 0.778. The number of rotatable bonds is 33. The Bertz CT molecular complexity index is 861. The van der Waals surface area contributed by atoms with Gasteiger partial charge in [-0.25, -0.2) is 4.57 Å². The molecule has 2 atom stereocenters. The van der Waals surface area contributed by atoms with Crippen molar-refractivity contribution >= 4 is 19.8 Å². The molecule has 0 spiro atoms. The van der Waals surface area contributed by atoms with Gasteiger partial charge in [0.2, 0.25) is 0 Å². The lowest BCUT2D eigenvalue weighted by molar-refractivity contribution is -0.161. The number of carbonyl (C=O) groups excluding carboxylic acids is 2. The lowest BCUT2D eigenvalue weighted by Gasteiger charge is -2.19. The van der Waals surface area contributed by atoms with Crippen LogP contribution in [0.15, 0.2) is 36.5 Å². The molecule has 0 aromatic carbocycles. The van der Waals surface area contributed by atoms with Gasteiger partial charge < -0.3 is 20.1 Å². The van der Waals surface area contributed by atoms with E-state index in [9.17, 15) is 19.0 Å². The van der Waals surface area contributed by atoms with Gasteiger partial charge in [0, 0.05) is 19.4 Å². The third-order valence-electron chi connectivity index (χ3n) is 7.29. The Morgan fingerprint density at radius 3 is 1.78 bits per heavy atom. The molecule has 3 N–H and O–H groups in total. The smallest absolute Gasteiger partial charge is 0.462 e. The van der Waals surface area contributed by atoms with E-state index in [2.05, 4.69) is 50.3 Å². The van der Waals surface area contributed by atoms with Crippen LogP contribution in [-0.4, -0.2) is 49.3 Å². The molecule has 46 heavy (non-hydrogen) atoms. The van der Waals surface area contributed by atoms with E-state index >= 15 is 0 Å². The first-order valence-electron chi connectivity index (χ1n) is 18.0. The zero-order valence-electron chi connectivity index (χ0n) is 29.0. The third-order valence-corrected chi connectivity index (χ3v) is 8.27. The summed E-state index contributed by atoms with van der Waals surface area (Å²) < 4.78 is 32.5. The predicted molar refractivity (Wildman–Crippen MR) is 187 cm³/mol. The van der Waals surface area contributed by atoms with Crippen LogP contribution < -0.4 is 5.73 Å². The van der Waals surface area contributed by atoms with Crippen LogP contribution in [0.4, 0.5) is 0 Å². The van der Waals surface area contributed by atoms with Crippen molar-refractivity contribution in [2.75, 3.05) is 26.4 Å². The summed E-state index contributed by atoms with van der Waals surface area (Å²) in [6.45, 7) is 3.56. The van der Waals surface area contributed by atoms with Crippen LogP contribution in [0.5, 0.6) is 0 Å². The summed E-state index contributed by atoms with van der Waals surface area (Å²) in [5, 5.41) is 0. The van der Waals surface area contributed by atoms with Gasteiger partial charge in [-0.05, 0) is 44.9 Å². The summed E-state index contributed by atoms with van der Waals surface area (Å²) in [5.74, 6) is -0.852. The van der Waals surface area contributed by atoms with Gasteiger partial charge in [0.15, 0.2) is 6.10 Å². The molecule has 0 saturated heterocycles. The van der Waals surface area contributed by atoms with Gasteiger partial charge in [0.25, 0.3) is 0 Å². The summed E-state index contributed by atoms with van der Waals surface area (Å²) in [7, 11) is -4.37. The van der Waals surface area contributed by atoms with E-state index in [1.807, 2.05) is 0 Å². The molecule has 0 aromatic rings. The molecule has 268 valence electrons. The van der Waals surface area contributed by atoms with Crippen LogP contribution in [0.2, 0.25) is 0 Å². The molecule has 0 rings (SSSR count). The number of unbranched alkanes of at least 4 members (excludes halogenated alkanes) is 14. The summed E-state index contributed by atoms with van der Waals surface area (Å²) in [5.41, 5.74) is 5.32. The van der Waals surface area contributed by atoms with Crippen molar-refractivity contribution in [2.24, 2.45) is 5.73 Å². The minimum absolute atomic E-state index is 0.0509. The summed E-state index contributed by atoms with van der Waals surface area (Å²) in [4.78, 5) is 34.6. The van der Waals surface area contributed by atoms with E-state index in [0.717, 1.165) is 70.6 Å². The Balaban J connectivity index is 4.26. The highest BCUT2D eigenvalue weighted by Gasteiger charge is 2.25. The Kier molecular flexibility index (Phi) is 31.9. The second-order valence-electron chi connectivity index (χ2n) is 11.7. The number of carbonyl (C=O) groups is 2. The molecule has 0 aliphatic rings. The molecule has 0 heterocycles. The number of esters is 2. The summed E-state index contributed by atoms with van der Waals surface area (Å²) >= 11 is 0. The third kappa shape index (κ3) is 32.2. The molecule has 9 nitrogen and oxygen atoms in total. The minimum Gasteiger partial charge on any atom is -0.462 e. The molecule has 0 aliphatic heterocycles. The quantitative estimate of drug-likeness (QED) is 0.0303. The number of allylic oxidation sites excluding steroid dienone is 6. The van der Waals surface area contributed by atoms with Crippen LogP contribution >= 0.6 is 7.82 Å². The largest absolute Gasteiger partial charge is 0.472 e. The highest BCUT2D eigenvalue weighted by molar-refractivity contribution is 7.47. The first-order chi connectivity index (χ1) is 22.3. The molecule has 1 unspecified atom stereocenters. The van der Waals surface area contributed by atoms with Crippen molar-refractivity contribution in [1.82, 2.24) is 0 Å². The van der Waals surface area contributed by atoms with E-state index in [-0.39, 0.29) is 32.6 Å². The van der Waals surface area contributed by atoms with E-state index in [0.29, 0.717) is 12.8 Å². The molecule has 0 aliphatic carbocycles. The van der Waals surface area contributed by atoms with E-state index in [4.69, 9.17) is 24.3 Å². The molecule has 10 heteroatoms. The van der Waals surface area contributed by atoms with E-state index in [1.165, 1.54) is 38.5 Å².